The summed E-state index contributed by atoms with van der Waals surface area (Å²) in [6.07, 6.45) is -1.74. The average Bonchev–Trinajstić information content (AvgIpc) is 2.71. The first-order valence-corrected chi connectivity index (χ1v) is 7.87. The number of fused-ring (bicyclic) bond motifs is 1. The van der Waals surface area contributed by atoms with Gasteiger partial charge in [0, 0.05) is 0 Å². The Morgan fingerprint density at radius 3 is 1.19 bits per heavy atom. The number of benzene rings is 3. The SMILES string of the molecule is Fc1c(F)c(F)c2c(c1F)O[C@H](c1ccccc1)[C@H](c1ccccc1)O2. The molecule has 0 aromatic heterocycles. The van der Waals surface area contributed by atoms with E-state index in [2.05, 4.69) is 0 Å². The molecule has 3 aromatic rings. The van der Waals surface area contributed by atoms with E-state index in [1.54, 1.807) is 60.7 Å². The number of hydrogen-bond acceptors (Lipinski definition) is 2. The van der Waals surface area contributed by atoms with Crippen molar-refractivity contribution in [3.05, 3.63) is 95.1 Å². The lowest BCUT2D eigenvalue weighted by molar-refractivity contribution is 0.00884. The molecule has 0 N–H and O–H groups in total. The highest BCUT2D eigenvalue weighted by Crippen LogP contribution is 2.49. The first-order chi connectivity index (χ1) is 12.6. The average molecular weight is 360 g/mol. The molecule has 0 radical (unpaired) electrons. The van der Waals surface area contributed by atoms with Crippen LogP contribution in [0.3, 0.4) is 0 Å². The molecule has 0 fully saturated rings. The molecule has 0 amide bonds. The molecule has 0 bridgehead atoms. The van der Waals surface area contributed by atoms with Gasteiger partial charge in [-0.05, 0) is 11.1 Å². The highest BCUT2D eigenvalue weighted by atomic mass is 19.2. The molecular weight excluding hydrogens is 348 g/mol. The summed E-state index contributed by atoms with van der Waals surface area (Å²) in [6.45, 7) is 0. The number of rotatable bonds is 2. The number of hydrogen-bond donors (Lipinski definition) is 0. The Bertz CT molecular complexity index is 867. The maximum atomic E-state index is 14.2. The van der Waals surface area contributed by atoms with Gasteiger partial charge >= 0.3 is 0 Å². The van der Waals surface area contributed by atoms with Gasteiger partial charge in [0.2, 0.25) is 34.8 Å². The van der Waals surface area contributed by atoms with Crippen LogP contribution in [0.1, 0.15) is 23.3 Å². The predicted octanol–water partition coefficient (Wildman–Crippen LogP) is 5.50. The van der Waals surface area contributed by atoms with E-state index in [1.807, 2.05) is 0 Å². The standard InChI is InChI=1S/C20H12F4O2/c21-13-14(22)16(24)20-19(15(13)23)25-17(11-7-3-1-4-8-11)18(26-20)12-9-5-2-6-10-12/h1-10,17-18H/t17-,18+. The lowest BCUT2D eigenvalue weighted by atomic mass is 9.96. The molecular formula is C20H12F4O2. The number of halogens is 4. The van der Waals surface area contributed by atoms with E-state index in [0.29, 0.717) is 11.1 Å². The first kappa shape index (κ1) is 16.4. The highest BCUT2D eigenvalue weighted by Gasteiger charge is 2.40. The van der Waals surface area contributed by atoms with Crippen molar-refractivity contribution < 1.29 is 27.0 Å². The van der Waals surface area contributed by atoms with Crippen molar-refractivity contribution in [2.45, 2.75) is 12.2 Å². The van der Waals surface area contributed by atoms with Gasteiger partial charge in [-0.3, -0.25) is 0 Å². The lowest BCUT2D eigenvalue weighted by Gasteiger charge is -2.35. The summed E-state index contributed by atoms with van der Waals surface area (Å²) >= 11 is 0. The molecule has 3 aromatic carbocycles. The van der Waals surface area contributed by atoms with Gasteiger partial charge in [0.25, 0.3) is 0 Å². The minimum Gasteiger partial charge on any atom is -0.474 e. The predicted molar refractivity (Wildman–Crippen MR) is 85.9 cm³/mol. The third-order valence-corrected chi connectivity index (χ3v) is 4.20. The fourth-order valence-electron chi connectivity index (χ4n) is 2.95. The van der Waals surface area contributed by atoms with Gasteiger partial charge in [0.15, 0.2) is 12.2 Å². The first-order valence-electron chi connectivity index (χ1n) is 7.87. The van der Waals surface area contributed by atoms with Crippen molar-refractivity contribution in [3.63, 3.8) is 0 Å². The third-order valence-electron chi connectivity index (χ3n) is 4.20. The summed E-state index contributed by atoms with van der Waals surface area (Å²) < 4.78 is 66.7. The van der Waals surface area contributed by atoms with E-state index < -0.39 is 47.0 Å². The molecule has 6 heteroatoms. The van der Waals surface area contributed by atoms with Crippen molar-refractivity contribution in [1.82, 2.24) is 0 Å². The molecule has 1 aliphatic rings. The van der Waals surface area contributed by atoms with Gasteiger partial charge in [-0.1, -0.05) is 60.7 Å². The summed E-state index contributed by atoms with van der Waals surface area (Å²) in [4.78, 5) is 0. The monoisotopic (exact) mass is 360 g/mol. The minimum atomic E-state index is -1.94. The van der Waals surface area contributed by atoms with Gasteiger partial charge in [0.1, 0.15) is 0 Å². The quantitative estimate of drug-likeness (QED) is 0.341. The molecule has 0 saturated heterocycles. The Morgan fingerprint density at radius 1 is 0.500 bits per heavy atom. The van der Waals surface area contributed by atoms with Crippen molar-refractivity contribution in [3.8, 4) is 11.5 Å². The molecule has 132 valence electrons. The van der Waals surface area contributed by atoms with Crippen LogP contribution in [0.5, 0.6) is 11.5 Å². The summed E-state index contributed by atoms with van der Waals surface area (Å²) in [5.41, 5.74) is 1.24. The molecule has 1 heterocycles. The fraction of sp³-hybridized carbons (Fsp3) is 0.100. The van der Waals surface area contributed by atoms with Crippen LogP contribution in [-0.2, 0) is 0 Å². The van der Waals surface area contributed by atoms with Crippen LogP contribution >= 0.6 is 0 Å². The molecule has 0 unspecified atom stereocenters. The van der Waals surface area contributed by atoms with Gasteiger partial charge in [-0.25, -0.2) is 8.78 Å². The summed E-state index contributed by atoms with van der Waals surface area (Å²) in [5, 5.41) is 0. The van der Waals surface area contributed by atoms with Crippen molar-refractivity contribution >= 4 is 0 Å². The Morgan fingerprint density at radius 2 is 0.846 bits per heavy atom. The summed E-state index contributed by atoms with van der Waals surface area (Å²) in [6, 6.07) is 17.5. The Labute approximate surface area is 146 Å². The summed E-state index contributed by atoms with van der Waals surface area (Å²) in [5.74, 6) is -8.66. The molecule has 0 spiro atoms. The van der Waals surface area contributed by atoms with Crippen LogP contribution in [0, 0.1) is 23.3 Å². The zero-order valence-corrected chi connectivity index (χ0v) is 13.3. The Kier molecular flexibility index (Phi) is 4.03. The maximum absolute atomic E-state index is 14.2. The second-order valence-corrected chi connectivity index (χ2v) is 5.81. The fourth-order valence-corrected chi connectivity index (χ4v) is 2.95. The Balaban J connectivity index is 1.89. The highest BCUT2D eigenvalue weighted by molar-refractivity contribution is 5.47. The normalized spacial score (nSPS) is 18.6. The van der Waals surface area contributed by atoms with Crippen LogP contribution in [0.15, 0.2) is 60.7 Å². The smallest absolute Gasteiger partial charge is 0.207 e. The second kappa shape index (κ2) is 6.37. The molecule has 2 nitrogen and oxygen atoms in total. The largest absolute Gasteiger partial charge is 0.474 e. The van der Waals surface area contributed by atoms with Crippen LogP contribution in [0.2, 0.25) is 0 Å². The molecule has 2 atom stereocenters. The summed E-state index contributed by atoms with van der Waals surface area (Å²) in [7, 11) is 0. The second-order valence-electron chi connectivity index (χ2n) is 5.81. The number of ether oxygens (including phenoxy) is 2. The molecule has 1 aliphatic heterocycles. The van der Waals surface area contributed by atoms with Crippen LogP contribution in [0.25, 0.3) is 0 Å². The topological polar surface area (TPSA) is 18.5 Å². The molecule has 4 rings (SSSR count). The van der Waals surface area contributed by atoms with E-state index >= 15 is 0 Å². The van der Waals surface area contributed by atoms with Crippen LogP contribution < -0.4 is 9.47 Å². The van der Waals surface area contributed by atoms with Crippen molar-refractivity contribution in [2.75, 3.05) is 0 Å². The van der Waals surface area contributed by atoms with Gasteiger partial charge in [-0.2, -0.15) is 8.78 Å². The zero-order chi connectivity index (χ0) is 18.3. The van der Waals surface area contributed by atoms with E-state index in [0.717, 1.165) is 0 Å². The van der Waals surface area contributed by atoms with E-state index in [-0.39, 0.29) is 0 Å². The van der Waals surface area contributed by atoms with Crippen LogP contribution in [0.4, 0.5) is 17.6 Å². The third kappa shape index (κ3) is 2.58. The molecule has 0 saturated carbocycles. The molecule has 26 heavy (non-hydrogen) atoms. The Hall–Kier alpha value is -3.02. The van der Waals surface area contributed by atoms with Crippen LogP contribution in [-0.4, -0.2) is 0 Å². The minimum absolute atomic E-state index is 0.622. The van der Waals surface area contributed by atoms with Crippen molar-refractivity contribution in [1.29, 1.82) is 0 Å². The van der Waals surface area contributed by atoms with Gasteiger partial charge in [0.05, 0.1) is 0 Å². The molecule has 0 aliphatic carbocycles. The van der Waals surface area contributed by atoms with Gasteiger partial charge in [-0.15, -0.1) is 0 Å². The lowest BCUT2D eigenvalue weighted by Crippen LogP contribution is -2.28. The van der Waals surface area contributed by atoms with Gasteiger partial charge < -0.3 is 9.47 Å². The van der Waals surface area contributed by atoms with Crippen molar-refractivity contribution in [2.24, 2.45) is 0 Å². The zero-order valence-electron chi connectivity index (χ0n) is 13.3. The van der Waals surface area contributed by atoms with E-state index in [4.69, 9.17) is 9.47 Å². The van der Waals surface area contributed by atoms with E-state index in [1.165, 1.54) is 0 Å². The van der Waals surface area contributed by atoms with E-state index in [9.17, 15) is 17.6 Å². The maximum Gasteiger partial charge on any atom is 0.207 e.